The molecule has 0 spiro atoms. The lowest BCUT2D eigenvalue weighted by atomic mass is 9.82. The van der Waals surface area contributed by atoms with Gasteiger partial charge in [0.15, 0.2) is 0 Å². The summed E-state index contributed by atoms with van der Waals surface area (Å²) in [6, 6.07) is 13.2. The van der Waals surface area contributed by atoms with Crippen molar-refractivity contribution in [3.63, 3.8) is 0 Å². The summed E-state index contributed by atoms with van der Waals surface area (Å²) in [5.74, 6) is 2.79. The fourth-order valence-corrected chi connectivity index (χ4v) is 7.91. The number of fused-ring (bicyclic) bond motifs is 1. The van der Waals surface area contributed by atoms with Gasteiger partial charge in [0, 0.05) is 10.5 Å². The molecule has 44 heavy (non-hydrogen) atoms. The molecule has 2 fully saturated rings. The Morgan fingerprint density at radius 2 is 1.50 bits per heavy atom. The lowest BCUT2D eigenvalue weighted by Gasteiger charge is -2.27. The number of carbonyl (C=O) groups is 2. The van der Waals surface area contributed by atoms with E-state index in [1.54, 1.807) is 6.07 Å². The second-order valence-corrected chi connectivity index (χ2v) is 13.4. The zero-order valence-corrected chi connectivity index (χ0v) is 27.1. The van der Waals surface area contributed by atoms with Gasteiger partial charge in [0.25, 0.3) is 5.56 Å². The van der Waals surface area contributed by atoms with Crippen molar-refractivity contribution in [1.29, 1.82) is 0 Å². The molecule has 0 radical (unpaired) electrons. The van der Waals surface area contributed by atoms with Crippen LogP contribution in [-0.2, 0) is 19.1 Å². The molecule has 3 aromatic rings. The maximum absolute atomic E-state index is 12.9. The van der Waals surface area contributed by atoms with Gasteiger partial charge in [-0.05, 0) is 107 Å². The van der Waals surface area contributed by atoms with E-state index in [4.69, 9.17) is 18.4 Å². The third-order valence-corrected chi connectivity index (χ3v) is 10.6. The molecule has 5 rings (SSSR count). The van der Waals surface area contributed by atoms with Crippen LogP contribution < -0.4 is 14.5 Å². The summed E-state index contributed by atoms with van der Waals surface area (Å²) in [5.41, 5.74) is 0.455. The smallest absolute Gasteiger partial charge is 0.308 e. The monoisotopic (exact) mass is 639 g/mol. The third-order valence-electron chi connectivity index (χ3n) is 8.58. The van der Waals surface area contributed by atoms with Gasteiger partial charge in [0.05, 0.1) is 54.6 Å². The molecule has 0 N–H and O–H groups in total. The van der Waals surface area contributed by atoms with Gasteiger partial charge in [-0.1, -0.05) is 12.1 Å². The van der Waals surface area contributed by atoms with Crippen LogP contribution in [-0.4, -0.2) is 42.5 Å². The van der Waals surface area contributed by atoms with E-state index in [1.807, 2.05) is 50.2 Å². The Labute approximate surface area is 267 Å². The van der Waals surface area contributed by atoms with Crippen LogP contribution in [0.25, 0.3) is 20.7 Å². The molecular formula is C34H41NO7S2. The maximum Gasteiger partial charge on any atom is 0.308 e. The average Bonchev–Trinajstić information content (AvgIpc) is 3.05. The highest BCUT2D eigenvalue weighted by Gasteiger charge is 2.29. The van der Waals surface area contributed by atoms with Gasteiger partial charge >= 0.3 is 11.9 Å². The molecule has 2 aliphatic rings. The molecule has 1 aromatic heterocycles. The molecule has 10 heteroatoms. The molecule has 8 nitrogen and oxygen atoms in total. The van der Waals surface area contributed by atoms with Gasteiger partial charge < -0.3 is 18.4 Å². The summed E-state index contributed by atoms with van der Waals surface area (Å²) in [6.07, 6.45) is 7.11. The minimum atomic E-state index is -0.268. The van der Waals surface area contributed by atoms with E-state index in [0.29, 0.717) is 53.5 Å². The first kappa shape index (κ1) is 32.3. The summed E-state index contributed by atoms with van der Waals surface area (Å²) >= 11 is 2.86. The molecule has 0 bridgehead atoms. The van der Waals surface area contributed by atoms with Gasteiger partial charge in [-0.2, -0.15) is 4.98 Å². The number of hydrogen-bond donors (Lipinski definition) is 0. The Morgan fingerprint density at radius 1 is 0.864 bits per heavy atom. The van der Waals surface area contributed by atoms with E-state index in [2.05, 4.69) is 4.98 Å². The van der Waals surface area contributed by atoms with Gasteiger partial charge in [0.2, 0.25) is 0 Å². The highest BCUT2D eigenvalue weighted by molar-refractivity contribution is 7.95. The van der Waals surface area contributed by atoms with E-state index < -0.39 is 0 Å². The standard InChI is InChI=1S/C34H41NO7S2/c1-3-39-33(37)24-13-9-22(10-14-24)20-41-26-17-18-29(42-43-21-23-11-15-25(16-12-23)34(38)40-4-2)28(19-26)32-35-31(36)27-7-5-6-8-30(27)44-32/h5-8,17-19,22-25H,3-4,9-16,20-21H2,1-2H3. The number of rotatable bonds is 12. The highest BCUT2D eigenvalue weighted by Crippen LogP contribution is 2.39. The summed E-state index contributed by atoms with van der Waals surface area (Å²) in [5, 5.41) is 1.18. The van der Waals surface area contributed by atoms with Crippen LogP contribution in [0.3, 0.4) is 0 Å². The SMILES string of the molecule is CCOC(=O)C1CCC(COc2ccc(OSCC3CCC(C(=O)OCC)CC3)c(-c3nc(=O)c4ccccc4s3)c2)CC1. The quantitative estimate of drug-likeness (QED) is 0.148. The molecule has 0 aliphatic heterocycles. The Balaban J connectivity index is 1.25. The second-order valence-electron chi connectivity index (χ2n) is 11.6. The van der Waals surface area contributed by atoms with E-state index in [-0.39, 0.29) is 29.3 Å². The maximum atomic E-state index is 12.9. The zero-order valence-electron chi connectivity index (χ0n) is 25.5. The molecule has 1 heterocycles. The van der Waals surface area contributed by atoms with Crippen molar-refractivity contribution in [2.45, 2.75) is 65.2 Å². The van der Waals surface area contributed by atoms with Crippen molar-refractivity contribution in [3.8, 4) is 22.1 Å². The molecule has 236 valence electrons. The molecule has 0 atom stereocenters. The molecule has 2 aliphatic carbocycles. The zero-order chi connectivity index (χ0) is 30.9. The topological polar surface area (TPSA) is 101 Å². The van der Waals surface area contributed by atoms with Crippen LogP contribution in [0.15, 0.2) is 47.3 Å². The molecule has 0 unspecified atom stereocenters. The summed E-state index contributed by atoms with van der Waals surface area (Å²) in [6.45, 7) is 5.08. The first-order valence-corrected chi connectivity index (χ1v) is 17.5. The molecule has 0 saturated heterocycles. The van der Waals surface area contributed by atoms with Crippen LogP contribution in [0, 0.1) is 23.7 Å². The Morgan fingerprint density at radius 3 is 2.16 bits per heavy atom. The summed E-state index contributed by atoms with van der Waals surface area (Å²) in [7, 11) is 0. The Hall–Kier alpha value is -3.11. The molecule has 2 aromatic carbocycles. The van der Waals surface area contributed by atoms with Crippen LogP contribution in [0.2, 0.25) is 0 Å². The first-order chi connectivity index (χ1) is 21.4. The fraction of sp³-hybridized carbons (Fsp3) is 0.529. The highest BCUT2D eigenvalue weighted by atomic mass is 32.2. The van der Waals surface area contributed by atoms with Crippen molar-refractivity contribution in [3.05, 3.63) is 52.8 Å². The minimum Gasteiger partial charge on any atom is -0.493 e. The first-order valence-electron chi connectivity index (χ1n) is 15.7. The van der Waals surface area contributed by atoms with Crippen LogP contribution >= 0.6 is 23.4 Å². The Bertz CT molecular complexity index is 1480. The molecule has 0 amide bonds. The normalized spacial score (nSPS) is 21.9. The predicted molar refractivity (Wildman–Crippen MR) is 174 cm³/mol. The van der Waals surface area contributed by atoms with Crippen LogP contribution in [0.4, 0.5) is 0 Å². The fourth-order valence-electron chi connectivity index (χ4n) is 6.02. The Kier molecular flexibility index (Phi) is 11.6. The van der Waals surface area contributed by atoms with Crippen molar-refractivity contribution < 1.29 is 28.0 Å². The van der Waals surface area contributed by atoms with Gasteiger partial charge in [0.1, 0.15) is 16.5 Å². The third kappa shape index (κ3) is 8.33. The number of hydrogen-bond acceptors (Lipinski definition) is 10. The largest absolute Gasteiger partial charge is 0.493 e. The number of nitrogens with zero attached hydrogens (tertiary/aromatic N) is 1. The van der Waals surface area contributed by atoms with Gasteiger partial charge in [-0.25, -0.2) is 0 Å². The molecule has 2 saturated carbocycles. The van der Waals surface area contributed by atoms with E-state index in [9.17, 15) is 14.4 Å². The lowest BCUT2D eigenvalue weighted by molar-refractivity contribution is -0.150. The van der Waals surface area contributed by atoms with Crippen molar-refractivity contribution in [2.75, 3.05) is 25.6 Å². The molecular weight excluding hydrogens is 599 g/mol. The second kappa shape index (κ2) is 15.8. The minimum absolute atomic E-state index is 0.00521. The van der Waals surface area contributed by atoms with Crippen LogP contribution in [0.5, 0.6) is 11.5 Å². The summed E-state index contributed by atoms with van der Waals surface area (Å²) < 4.78 is 23.8. The van der Waals surface area contributed by atoms with E-state index in [1.165, 1.54) is 23.4 Å². The summed E-state index contributed by atoms with van der Waals surface area (Å²) in [4.78, 5) is 41.5. The van der Waals surface area contributed by atoms with E-state index in [0.717, 1.165) is 67.4 Å². The van der Waals surface area contributed by atoms with Crippen molar-refractivity contribution in [2.24, 2.45) is 23.7 Å². The van der Waals surface area contributed by atoms with Gasteiger partial charge in [-0.15, -0.1) is 11.3 Å². The lowest BCUT2D eigenvalue weighted by Crippen LogP contribution is -2.26. The number of carbonyl (C=O) groups excluding carboxylic acids is 2. The number of benzene rings is 2. The number of aromatic nitrogens is 1. The average molecular weight is 640 g/mol. The predicted octanol–water partition coefficient (Wildman–Crippen LogP) is 7.47. The van der Waals surface area contributed by atoms with Crippen molar-refractivity contribution >= 4 is 45.4 Å². The number of ether oxygens (including phenoxy) is 3. The van der Waals surface area contributed by atoms with E-state index >= 15 is 0 Å². The van der Waals surface area contributed by atoms with Crippen molar-refractivity contribution in [1.82, 2.24) is 4.98 Å². The van der Waals surface area contributed by atoms with Crippen LogP contribution in [0.1, 0.15) is 65.2 Å². The van der Waals surface area contributed by atoms with Gasteiger partial charge in [-0.3, -0.25) is 14.4 Å². The number of esters is 2.